The molecule has 0 radical (unpaired) electrons. The van der Waals surface area contributed by atoms with Gasteiger partial charge >= 0.3 is 0 Å². The van der Waals surface area contributed by atoms with Gasteiger partial charge in [-0.05, 0) is 42.0 Å². The van der Waals surface area contributed by atoms with E-state index in [2.05, 4.69) is 20.0 Å². The Morgan fingerprint density at radius 3 is 2.03 bits per heavy atom. The van der Waals surface area contributed by atoms with Gasteiger partial charge in [0, 0.05) is 6.54 Å². The van der Waals surface area contributed by atoms with Gasteiger partial charge in [-0.25, -0.2) is 18.4 Å². The van der Waals surface area contributed by atoms with E-state index < -0.39 is 10.0 Å². The summed E-state index contributed by atoms with van der Waals surface area (Å²) in [4.78, 5) is 9.22. The van der Waals surface area contributed by atoms with E-state index in [0.29, 0.717) is 23.4 Å². The Balaban J connectivity index is 1.66. The first-order chi connectivity index (χ1) is 14.5. The lowest BCUT2D eigenvalue weighted by Gasteiger charge is -2.14. The van der Waals surface area contributed by atoms with Gasteiger partial charge in [-0.3, -0.25) is 4.72 Å². The fraction of sp³-hybridized carbons (Fsp3) is 0.0909. The van der Waals surface area contributed by atoms with Gasteiger partial charge in [0.15, 0.2) is 11.6 Å². The molecule has 0 amide bonds. The highest BCUT2D eigenvalue weighted by Gasteiger charge is 2.18. The maximum atomic E-state index is 12.8. The molecule has 1 heterocycles. The molecule has 3 aromatic carbocycles. The van der Waals surface area contributed by atoms with E-state index in [1.54, 1.807) is 31.4 Å². The van der Waals surface area contributed by atoms with Gasteiger partial charge in [-0.1, -0.05) is 42.5 Å². The molecule has 7 nitrogen and oxygen atoms in total. The second-order valence-corrected chi connectivity index (χ2v) is 8.21. The van der Waals surface area contributed by atoms with Crippen molar-refractivity contribution in [2.24, 2.45) is 0 Å². The van der Waals surface area contributed by atoms with E-state index in [4.69, 9.17) is 4.74 Å². The van der Waals surface area contributed by atoms with Gasteiger partial charge < -0.3 is 10.1 Å². The fourth-order valence-electron chi connectivity index (χ4n) is 2.91. The number of nitrogens with zero attached hydrogens (tertiary/aromatic N) is 2. The predicted molar refractivity (Wildman–Crippen MR) is 117 cm³/mol. The number of rotatable bonds is 7. The number of anilines is 2. The van der Waals surface area contributed by atoms with Gasteiger partial charge in [0.2, 0.25) is 0 Å². The molecule has 2 N–H and O–H groups in total. The number of fused-ring (bicyclic) bond motifs is 1. The summed E-state index contributed by atoms with van der Waals surface area (Å²) in [7, 11) is -2.19. The molecule has 4 rings (SSSR count). The Kier molecular flexibility index (Phi) is 5.49. The number of ether oxygens (including phenoxy) is 1. The molecule has 0 atom stereocenters. The van der Waals surface area contributed by atoms with Crippen molar-refractivity contribution in [1.29, 1.82) is 0 Å². The normalized spacial score (nSPS) is 11.2. The highest BCUT2D eigenvalue weighted by Crippen LogP contribution is 2.25. The standard InChI is InChI=1S/C22H20N4O3S/c1-29-17-13-11-16(12-14-17)15-23-21-22(25-20-10-6-5-9-19(20)24-21)26-30(27,28)18-7-3-2-4-8-18/h2-14H,15H2,1H3,(H,23,24)(H,25,26). The average molecular weight is 420 g/mol. The molecule has 0 spiro atoms. The minimum absolute atomic E-state index is 0.145. The number of aromatic nitrogens is 2. The molecule has 0 aliphatic carbocycles. The maximum Gasteiger partial charge on any atom is 0.263 e. The van der Waals surface area contributed by atoms with E-state index in [9.17, 15) is 8.42 Å². The van der Waals surface area contributed by atoms with Crippen LogP contribution in [0.2, 0.25) is 0 Å². The van der Waals surface area contributed by atoms with Crippen molar-refractivity contribution >= 4 is 32.7 Å². The van der Waals surface area contributed by atoms with Crippen molar-refractivity contribution in [2.75, 3.05) is 17.1 Å². The summed E-state index contributed by atoms with van der Waals surface area (Å²) in [6.07, 6.45) is 0. The lowest BCUT2D eigenvalue weighted by Crippen LogP contribution is -2.16. The highest BCUT2D eigenvalue weighted by molar-refractivity contribution is 7.92. The van der Waals surface area contributed by atoms with Crippen molar-refractivity contribution < 1.29 is 13.2 Å². The first kappa shape index (κ1) is 19.7. The molecule has 0 unspecified atom stereocenters. The van der Waals surface area contributed by atoms with Crippen LogP contribution in [0.25, 0.3) is 11.0 Å². The second-order valence-electron chi connectivity index (χ2n) is 6.53. The quantitative estimate of drug-likeness (QED) is 0.469. The topological polar surface area (TPSA) is 93.2 Å². The summed E-state index contributed by atoms with van der Waals surface area (Å²) < 4.78 is 33.4. The number of hydrogen-bond acceptors (Lipinski definition) is 6. The van der Waals surface area contributed by atoms with Crippen molar-refractivity contribution in [3.8, 4) is 5.75 Å². The first-order valence-corrected chi connectivity index (χ1v) is 10.7. The van der Waals surface area contributed by atoms with E-state index in [-0.39, 0.29) is 10.7 Å². The van der Waals surface area contributed by atoms with Crippen molar-refractivity contribution in [3.63, 3.8) is 0 Å². The van der Waals surface area contributed by atoms with E-state index in [1.165, 1.54) is 12.1 Å². The Morgan fingerprint density at radius 1 is 0.800 bits per heavy atom. The lowest BCUT2D eigenvalue weighted by molar-refractivity contribution is 0.414. The van der Waals surface area contributed by atoms with E-state index in [1.807, 2.05) is 42.5 Å². The Hall–Kier alpha value is -3.65. The van der Waals surface area contributed by atoms with Crippen molar-refractivity contribution in [3.05, 3.63) is 84.4 Å². The molecule has 0 saturated heterocycles. The summed E-state index contributed by atoms with van der Waals surface area (Å²) >= 11 is 0. The van der Waals surface area contributed by atoms with Gasteiger partial charge in [-0.2, -0.15) is 0 Å². The third-order valence-electron chi connectivity index (χ3n) is 4.47. The number of hydrogen-bond donors (Lipinski definition) is 2. The molecule has 1 aromatic heterocycles. The third-order valence-corrected chi connectivity index (χ3v) is 5.83. The highest BCUT2D eigenvalue weighted by atomic mass is 32.2. The third kappa shape index (κ3) is 4.33. The first-order valence-electron chi connectivity index (χ1n) is 9.26. The molecular formula is C22H20N4O3S. The van der Waals surface area contributed by atoms with E-state index >= 15 is 0 Å². The lowest BCUT2D eigenvalue weighted by atomic mass is 10.2. The summed E-state index contributed by atoms with van der Waals surface area (Å²) in [5, 5.41) is 3.19. The molecule has 0 fully saturated rings. The number of methoxy groups -OCH3 is 1. The molecule has 0 aliphatic heterocycles. The monoisotopic (exact) mass is 420 g/mol. The smallest absolute Gasteiger partial charge is 0.263 e. The maximum absolute atomic E-state index is 12.8. The summed E-state index contributed by atoms with van der Waals surface area (Å²) in [6.45, 7) is 0.442. The van der Waals surface area contributed by atoms with Crippen LogP contribution in [0.5, 0.6) is 5.75 Å². The minimum Gasteiger partial charge on any atom is -0.497 e. The second kappa shape index (κ2) is 8.38. The van der Waals surface area contributed by atoms with Gasteiger partial charge in [0.1, 0.15) is 5.75 Å². The van der Waals surface area contributed by atoms with Crippen LogP contribution in [-0.4, -0.2) is 25.5 Å². The molecule has 0 aliphatic rings. The van der Waals surface area contributed by atoms with Crippen LogP contribution in [-0.2, 0) is 16.6 Å². The molecule has 152 valence electrons. The summed E-state index contributed by atoms with van der Waals surface area (Å²) in [6, 6.07) is 23.0. The van der Waals surface area contributed by atoms with Crippen LogP contribution in [0.15, 0.2) is 83.8 Å². The number of para-hydroxylation sites is 2. The van der Waals surface area contributed by atoms with Crippen LogP contribution in [0.3, 0.4) is 0 Å². The van der Waals surface area contributed by atoms with Crippen LogP contribution < -0.4 is 14.8 Å². The Morgan fingerprint density at radius 2 is 1.40 bits per heavy atom. The van der Waals surface area contributed by atoms with E-state index in [0.717, 1.165) is 11.3 Å². The van der Waals surface area contributed by atoms with Gasteiger partial charge in [-0.15, -0.1) is 0 Å². The van der Waals surface area contributed by atoms with Crippen molar-refractivity contribution in [1.82, 2.24) is 9.97 Å². The van der Waals surface area contributed by atoms with Crippen LogP contribution in [0.4, 0.5) is 11.6 Å². The minimum atomic E-state index is -3.81. The van der Waals surface area contributed by atoms with Gasteiger partial charge in [0.25, 0.3) is 10.0 Å². The number of benzene rings is 3. The molecule has 0 bridgehead atoms. The largest absolute Gasteiger partial charge is 0.497 e. The van der Waals surface area contributed by atoms with Crippen LogP contribution in [0.1, 0.15) is 5.56 Å². The molecule has 4 aromatic rings. The molecule has 8 heteroatoms. The van der Waals surface area contributed by atoms with Crippen molar-refractivity contribution in [2.45, 2.75) is 11.4 Å². The fourth-order valence-corrected chi connectivity index (χ4v) is 3.94. The number of sulfonamides is 1. The zero-order valence-corrected chi connectivity index (χ0v) is 17.1. The zero-order chi connectivity index (χ0) is 21.0. The summed E-state index contributed by atoms with van der Waals surface area (Å²) in [5.74, 6) is 1.26. The molecular weight excluding hydrogens is 400 g/mol. The Labute approximate surface area is 174 Å². The van der Waals surface area contributed by atoms with Crippen LogP contribution >= 0.6 is 0 Å². The van der Waals surface area contributed by atoms with Gasteiger partial charge in [0.05, 0.1) is 23.0 Å². The zero-order valence-electron chi connectivity index (χ0n) is 16.2. The number of nitrogens with one attached hydrogen (secondary N) is 2. The average Bonchev–Trinajstić information content (AvgIpc) is 2.78. The Bertz CT molecular complexity index is 1260. The predicted octanol–water partition coefficient (Wildman–Crippen LogP) is 4.05. The molecule has 30 heavy (non-hydrogen) atoms. The molecule has 0 saturated carbocycles. The SMILES string of the molecule is COc1ccc(CNc2nc3ccccc3nc2NS(=O)(=O)c2ccccc2)cc1. The van der Waals surface area contributed by atoms with Crippen LogP contribution in [0, 0.1) is 0 Å². The summed E-state index contributed by atoms with van der Waals surface area (Å²) in [5.41, 5.74) is 2.25.